The molecule has 2 aliphatic rings. The van der Waals surface area contributed by atoms with Gasteiger partial charge in [-0.3, -0.25) is 18.9 Å². The second-order valence-corrected chi connectivity index (χ2v) is 8.51. The Morgan fingerprint density at radius 2 is 0.958 bits per heavy atom. The molecule has 0 saturated carbocycles. The van der Waals surface area contributed by atoms with Gasteiger partial charge in [-0.05, 0) is 48.2 Å². The normalized spacial score (nSPS) is 18.5. The van der Waals surface area contributed by atoms with E-state index in [9.17, 15) is 16.8 Å². The average molecular weight is 366 g/mol. The van der Waals surface area contributed by atoms with Crippen LogP contribution in [-0.2, 0) is 33.3 Å². The van der Waals surface area contributed by atoms with Crippen LogP contribution in [0.2, 0.25) is 0 Å². The van der Waals surface area contributed by atoms with Crippen molar-refractivity contribution in [1.82, 2.24) is 0 Å². The van der Waals surface area contributed by atoms with Gasteiger partial charge < -0.3 is 0 Å². The number of rotatable bonds is 3. The quantitative estimate of drug-likeness (QED) is 0.661. The molecule has 10 heteroatoms. The molecule has 0 aromatic heterocycles. The van der Waals surface area contributed by atoms with Gasteiger partial charge in [-0.2, -0.15) is 16.8 Å². The van der Waals surface area contributed by atoms with Crippen LogP contribution in [0.25, 0.3) is 0 Å². The first kappa shape index (κ1) is 15.1. The van der Waals surface area contributed by atoms with Crippen molar-refractivity contribution >= 4 is 43.2 Å². The molecule has 8 nitrogen and oxygen atoms in total. The van der Waals surface area contributed by atoms with Gasteiger partial charge in [-0.1, -0.05) is 12.1 Å². The van der Waals surface area contributed by atoms with Gasteiger partial charge in [0.2, 0.25) is 0 Å². The Bertz CT molecular complexity index is 963. The van der Waals surface area contributed by atoms with E-state index in [1.165, 1.54) is 0 Å². The zero-order valence-electron chi connectivity index (χ0n) is 12.3. The maximum absolute atomic E-state index is 11.5. The van der Waals surface area contributed by atoms with Crippen LogP contribution >= 0.6 is 0 Å². The number of hydrogen-bond donors (Lipinski definition) is 4. The highest BCUT2D eigenvalue weighted by atomic mass is 32.2. The van der Waals surface area contributed by atoms with Crippen molar-refractivity contribution in [2.75, 3.05) is 18.9 Å². The lowest BCUT2D eigenvalue weighted by molar-refractivity contribution is 0.605. The molecule has 0 aliphatic carbocycles. The van der Waals surface area contributed by atoms with E-state index in [1.807, 2.05) is 12.1 Å². The highest BCUT2D eigenvalue weighted by molar-refractivity contribution is 7.94. The van der Waals surface area contributed by atoms with Gasteiger partial charge in [0.25, 0.3) is 0 Å². The van der Waals surface area contributed by atoms with Gasteiger partial charge in [0, 0.05) is 0 Å². The molecule has 0 spiro atoms. The highest BCUT2D eigenvalue weighted by Crippen LogP contribution is 2.32. The van der Waals surface area contributed by atoms with Crippen molar-refractivity contribution in [3.8, 4) is 0 Å². The fourth-order valence-electron chi connectivity index (χ4n) is 2.76. The molecule has 0 bridgehead atoms. The smallest absolute Gasteiger partial charge is 0.265 e. The van der Waals surface area contributed by atoms with Crippen LogP contribution in [0.5, 0.6) is 0 Å². The minimum Gasteiger partial charge on any atom is -0.265 e. The first-order valence-corrected chi connectivity index (χ1v) is 10.1. The molecule has 0 amide bonds. The number of nitrogens with one attached hydrogen (secondary N) is 4. The molecule has 2 aliphatic heterocycles. The Hall–Kier alpha value is -2.46. The van der Waals surface area contributed by atoms with E-state index in [-0.39, 0.29) is 0 Å². The van der Waals surface area contributed by atoms with Crippen LogP contribution in [0.3, 0.4) is 0 Å². The first-order valence-electron chi connectivity index (χ1n) is 7.17. The topological polar surface area (TPSA) is 116 Å². The summed E-state index contributed by atoms with van der Waals surface area (Å²) in [7, 11) is -6.96. The molecule has 0 atom stereocenters. The predicted molar refractivity (Wildman–Crippen MR) is 92.6 cm³/mol. The fraction of sp³-hybridized carbons (Fsp3) is 0.143. The molecule has 4 N–H and O–H groups in total. The monoisotopic (exact) mass is 366 g/mol. The van der Waals surface area contributed by atoms with Gasteiger partial charge in [-0.15, -0.1) is 0 Å². The Morgan fingerprint density at radius 3 is 1.38 bits per heavy atom. The molecule has 126 valence electrons. The van der Waals surface area contributed by atoms with Crippen molar-refractivity contribution in [1.29, 1.82) is 0 Å². The zero-order valence-corrected chi connectivity index (χ0v) is 14.0. The largest absolute Gasteiger partial charge is 0.321 e. The fourth-order valence-corrected chi connectivity index (χ4v) is 4.71. The maximum atomic E-state index is 11.5. The molecule has 0 radical (unpaired) electrons. The summed E-state index contributed by atoms with van der Waals surface area (Å²) in [6.45, 7) is 0. The molecular formula is C14H14N4O4S2. The third-order valence-corrected chi connectivity index (χ3v) is 5.80. The van der Waals surface area contributed by atoms with Crippen molar-refractivity contribution in [2.24, 2.45) is 0 Å². The minimum absolute atomic E-state index is 0.539. The standard InChI is InChI=1S/C14H14N4O4S2/c19-23(20)15-11-5-3-9(7-13(11)17-23)1-2-10-4-6-12-14(8-10)18-24(21,22)16-12/h3-8,15-18H,1-2H2. The molecule has 2 heterocycles. The Kier molecular flexibility index (Phi) is 3.15. The maximum Gasteiger partial charge on any atom is 0.321 e. The van der Waals surface area contributed by atoms with Crippen LogP contribution in [0.15, 0.2) is 36.4 Å². The summed E-state index contributed by atoms with van der Waals surface area (Å²) in [5.74, 6) is 0. The minimum atomic E-state index is -3.48. The van der Waals surface area contributed by atoms with Gasteiger partial charge in [0.1, 0.15) is 0 Å². The Morgan fingerprint density at radius 1 is 0.583 bits per heavy atom. The second kappa shape index (κ2) is 5.02. The molecule has 0 saturated heterocycles. The summed E-state index contributed by atoms with van der Waals surface area (Å²) < 4.78 is 55.5. The average Bonchev–Trinajstić information content (AvgIpc) is 2.96. The van der Waals surface area contributed by atoms with E-state index in [0.29, 0.717) is 35.6 Å². The summed E-state index contributed by atoms with van der Waals surface area (Å²) in [6, 6.07) is 10.8. The van der Waals surface area contributed by atoms with Crippen molar-refractivity contribution in [3.05, 3.63) is 47.5 Å². The number of anilines is 4. The van der Waals surface area contributed by atoms with Gasteiger partial charge in [0.05, 0.1) is 22.7 Å². The SMILES string of the molecule is O=S1(=O)Nc2ccc(CCc3ccc4c(c3)NS(=O)(=O)N4)cc2N1. The Balaban J connectivity index is 1.49. The molecule has 4 rings (SSSR count). The first-order chi connectivity index (χ1) is 11.3. The van der Waals surface area contributed by atoms with Crippen LogP contribution in [-0.4, -0.2) is 16.8 Å². The lowest BCUT2D eigenvalue weighted by Gasteiger charge is -2.05. The van der Waals surface area contributed by atoms with E-state index in [0.717, 1.165) is 11.1 Å². The summed E-state index contributed by atoms with van der Waals surface area (Å²) in [6.07, 6.45) is 1.40. The zero-order chi connectivity index (χ0) is 16.9. The third kappa shape index (κ3) is 2.85. The number of fused-ring (bicyclic) bond motifs is 2. The summed E-state index contributed by atoms with van der Waals surface area (Å²) in [5, 5.41) is 0. The molecule has 0 unspecified atom stereocenters. The van der Waals surface area contributed by atoms with E-state index < -0.39 is 20.4 Å². The number of benzene rings is 2. The van der Waals surface area contributed by atoms with Crippen LogP contribution < -0.4 is 18.9 Å². The summed E-state index contributed by atoms with van der Waals surface area (Å²) >= 11 is 0. The van der Waals surface area contributed by atoms with Gasteiger partial charge >= 0.3 is 20.4 Å². The molecule has 2 aromatic carbocycles. The molecule has 0 fully saturated rings. The number of aryl methyl sites for hydroxylation is 2. The lowest BCUT2D eigenvalue weighted by atomic mass is 10.0. The molecular weight excluding hydrogens is 352 g/mol. The van der Waals surface area contributed by atoms with Crippen molar-refractivity contribution in [2.45, 2.75) is 12.8 Å². The summed E-state index contributed by atoms with van der Waals surface area (Å²) in [4.78, 5) is 0. The van der Waals surface area contributed by atoms with Crippen LogP contribution in [0, 0.1) is 0 Å². The second-order valence-electron chi connectivity index (χ2n) is 5.67. The van der Waals surface area contributed by atoms with E-state index in [1.54, 1.807) is 24.3 Å². The van der Waals surface area contributed by atoms with E-state index >= 15 is 0 Å². The van der Waals surface area contributed by atoms with Crippen molar-refractivity contribution < 1.29 is 16.8 Å². The van der Waals surface area contributed by atoms with Crippen molar-refractivity contribution in [3.63, 3.8) is 0 Å². The van der Waals surface area contributed by atoms with E-state index in [2.05, 4.69) is 18.9 Å². The van der Waals surface area contributed by atoms with E-state index in [4.69, 9.17) is 0 Å². The van der Waals surface area contributed by atoms with Crippen LogP contribution in [0.1, 0.15) is 11.1 Å². The summed E-state index contributed by atoms with van der Waals surface area (Å²) in [5.41, 5.74) is 4.13. The lowest BCUT2D eigenvalue weighted by Crippen LogP contribution is -2.12. The molecule has 2 aromatic rings. The van der Waals surface area contributed by atoms with Crippen LogP contribution in [0.4, 0.5) is 22.7 Å². The predicted octanol–water partition coefficient (Wildman–Crippen LogP) is 1.64. The van der Waals surface area contributed by atoms with Gasteiger partial charge in [-0.25, -0.2) is 0 Å². The molecule has 24 heavy (non-hydrogen) atoms. The number of hydrogen-bond acceptors (Lipinski definition) is 4. The van der Waals surface area contributed by atoms with Gasteiger partial charge in [0.15, 0.2) is 0 Å². The Labute approximate surface area is 139 Å². The third-order valence-electron chi connectivity index (χ3n) is 3.85. The highest BCUT2D eigenvalue weighted by Gasteiger charge is 2.23.